The summed E-state index contributed by atoms with van der Waals surface area (Å²) in [5, 5.41) is 9.07. The second-order valence-electron chi connectivity index (χ2n) is 19.3. The molecule has 2 saturated heterocycles. The van der Waals surface area contributed by atoms with Crippen LogP contribution in [0.3, 0.4) is 0 Å². The van der Waals surface area contributed by atoms with Gasteiger partial charge in [-0.1, -0.05) is 104 Å². The zero-order valence-electron chi connectivity index (χ0n) is 40.7. The van der Waals surface area contributed by atoms with Gasteiger partial charge in [0.15, 0.2) is 0 Å². The molecule has 4 aromatic carbocycles. The number of nitrogens with one attached hydrogen (secondary N) is 2. The maximum absolute atomic E-state index is 13.7. The second kappa shape index (κ2) is 22.9. The molecule has 6 aromatic rings. The summed E-state index contributed by atoms with van der Waals surface area (Å²) in [5.74, 6) is -0.126. The van der Waals surface area contributed by atoms with E-state index in [1.807, 2.05) is 160 Å². The van der Waals surface area contributed by atoms with Crippen molar-refractivity contribution in [2.45, 2.75) is 70.9 Å². The molecule has 8 rings (SSSR count). The summed E-state index contributed by atoms with van der Waals surface area (Å²) in [4.78, 5) is 64.5. The first-order valence-corrected chi connectivity index (χ1v) is 23.8. The summed E-state index contributed by atoms with van der Waals surface area (Å²) >= 11 is 0. The second-order valence-corrected chi connectivity index (χ2v) is 19.3. The first kappa shape index (κ1) is 52.1. The average molecular weight is 939 g/mol. The van der Waals surface area contributed by atoms with Crippen LogP contribution in [0.1, 0.15) is 55.4 Å². The van der Waals surface area contributed by atoms with E-state index in [0.29, 0.717) is 51.9 Å². The maximum atomic E-state index is 13.7. The molecule has 6 N–H and O–H groups in total. The van der Waals surface area contributed by atoms with Crippen molar-refractivity contribution < 1.29 is 19.2 Å². The number of aromatic amines is 2. The molecule has 4 atom stereocenters. The van der Waals surface area contributed by atoms with Crippen LogP contribution in [0.15, 0.2) is 122 Å². The third-order valence-corrected chi connectivity index (χ3v) is 14.1. The zero-order valence-corrected chi connectivity index (χ0v) is 40.7. The highest BCUT2D eigenvalue weighted by molar-refractivity contribution is 5.89. The summed E-state index contributed by atoms with van der Waals surface area (Å²) in [6, 6.07) is 34.9. The molecule has 0 aliphatic carbocycles. The molecular weight excluding hydrogens is 865 g/mol. The number of carbonyl (C=O) groups is 4. The highest BCUT2D eigenvalue weighted by Crippen LogP contribution is 2.38. The number of aromatic nitrogens is 2. The summed E-state index contributed by atoms with van der Waals surface area (Å²) in [6.07, 6.45) is 8.97. The Balaban J connectivity index is 0.000000224. The molecule has 0 saturated carbocycles. The summed E-state index contributed by atoms with van der Waals surface area (Å²) in [7, 11) is 11.0. The van der Waals surface area contributed by atoms with E-state index in [2.05, 4.69) is 9.97 Å². The fourth-order valence-electron chi connectivity index (χ4n) is 10.2. The van der Waals surface area contributed by atoms with E-state index in [4.69, 9.17) is 11.5 Å². The molecule has 0 radical (unpaired) electrons. The Bertz CT molecular complexity index is 2470. The summed E-state index contributed by atoms with van der Waals surface area (Å²) in [5.41, 5.74) is 17.9. The molecule has 0 unspecified atom stereocenters. The minimum absolute atomic E-state index is 0. The Labute approximate surface area is 408 Å². The molecule has 2 fully saturated rings. The number of nitrogens with two attached hydrogens (primary N) is 2. The lowest BCUT2D eigenvalue weighted by Crippen LogP contribution is -2.58. The third kappa shape index (κ3) is 11.9. The standard InChI is InChI=1S/2C27H35N5O2.CH4/c2*1-30(2)31(3)26(34)27(17-20-10-5-4-6-11-20)14-9-15-32(19-27)25(33)23(28)16-21-18-29-24-13-8-7-12-22(21)24;/h2*4-8,10-13,18,23,29H,9,14-17,19,28H2,1-3H3;1H4/t23-,27+;23-,27-;/m11./s1. The largest absolute Gasteiger partial charge is 0.361 e. The Morgan fingerprint density at radius 1 is 0.551 bits per heavy atom. The van der Waals surface area contributed by atoms with Gasteiger partial charge in [0.05, 0.1) is 22.9 Å². The lowest BCUT2D eigenvalue weighted by Gasteiger charge is -2.45. The Morgan fingerprint density at radius 3 is 1.26 bits per heavy atom. The van der Waals surface area contributed by atoms with E-state index in [0.717, 1.165) is 69.7 Å². The van der Waals surface area contributed by atoms with Crippen molar-refractivity contribution in [3.05, 3.63) is 144 Å². The number of para-hydroxylation sites is 2. The Hall–Kier alpha value is -6.32. The quantitative estimate of drug-likeness (QED) is 0.0925. The molecule has 0 bridgehead atoms. The van der Waals surface area contributed by atoms with E-state index < -0.39 is 22.9 Å². The highest BCUT2D eigenvalue weighted by Gasteiger charge is 2.47. The number of amides is 4. The van der Waals surface area contributed by atoms with Crippen LogP contribution in [0.2, 0.25) is 0 Å². The predicted octanol–water partition coefficient (Wildman–Crippen LogP) is 6.28. The Kier molecular flexibility index (Phi) is 17.2. The van der Waals surface area contributed by atoms with Crippen LogP contribution in [0, 0.1) is 10.8 Å². The fraction of sp³-hybridized carbons (Fsp3) is 0.418. The minimum Gasteiger partial charge on any atom is -0.361 e. The van der Waals surface area contributed by atoms with Crippen molar-refractivity contribution in [1.82, 2.24) is 39.8 Å². The van der Waals surface area contributed by atoms with Gasteiger partial charge in [-0.3, -0.25) is 29.2 Å². The molecule has 2 aromatic heterocycles. The van der Waals surface area contributed by atoms with E-state index in [1.165, 1.54) is 0 Å². The molecular formula is C55H74N10O4. The van der Waals surface area contributed by atoms with Gasteiger partial charge in [-0.25, -0.2) is 10.0 Å². The van der Waals surface area contributed by atoms with E-state index in [-0.39, 0.29) is 31.1 Å². The summed E-state index contributed by atoms with van der Waals surface area (Å²) < 4.78 is 0. The van der Waals surface area contributed by atoms with Gasteiger partial charge in [0.25, 0.3) is 0 Å². The number of likely N-dealkylation sites (tertiary alicyclic amines) is 2. The predicted molar refractivity (Wildman–Crippen MR) is 276 cm³/mol. The van der Waals surface area contributed by atoms with Crippen LogP contribution < -0.4 is 11.5 Å². The van der Waals surface area contributed by atoms with Crippen molar-refractivity contribution in [1.29, 1.82) is 0 Å². The van der Waals surface area contributed by atoms with Crippen LogP contribution >= 0.6 is 0 Å². The van der Waals surface area contributed by atoms with Crippen LogP contribution in [0.25, 0.3) is 21.8 Å². The van der Waals surface area contributed by atoms with Gasteiger partial charge in [-0.2, -0.15) is 0 Å². The van der Waals surface area contributed by atoms with Gasteiger partial charge < -0.3 is 31.2 Å². The molecule has 4 heterocycles. The molecule has 14 heteroatoms. The molecule has 14 nitrogen and oxygen atoms in total. The lowest BCUT2D eigenvalue weighted by molar-refractivity contribution is -0.160. The molecule has 368 valence electrons. The van der Waals surface area contributed by atoms with Crippen molar-refractivity contribution in [3.63, 3.8) is 0 Å². The van der Waals surface area contributed by atoms with E-state index in [9.17, 15) is 19.2 Å². The molecule has 0 spiro atoms. The van der Waals surface area contributed by atoms with Gasteiger partial charge >= 0.3 is 0 Å². The van der Waals surface area contributed by atoms with E-state index in [1.54, 1.807) is 34.1 Å². The first-order chi connectivity index (χ1) is 32.6. The number of hydrogen-bond donors (Lipinski definition) is 4. The molecule has 69 heavy (non-hydrogen) atoms. The minimum atomic E-state index is -0.686. The number of carbonyl (C=O) groups excluding carboxylic acids is 4. The topological polar surface area (TPSA) is 171 Å². The van der Waals surface area contributed by atoms with Crippen LogP contribution in [-0.2, 0) is 44.9 Å². The lowest BCUT2D eigenvalue weighted by atomic mass is 9.74. The van der Waals surface area contributed by atoms with Gasteiger partial charge in [-0.15, -0.1) is 0 Å². The van der Waals surface area contributed by atoms with Gasteiger partial charge in [0.1, 0.15) is 0 Å². The van der Waals surface area contributed by atoms with Gasteiger partial charge in [-0.05, 0) is 85.8 Å². The van der Waals surface area contributed by atoms with Gasteiger partial charge in [0.2, 0.25) is 23.6 Å². The first-order valence-electron chi connectivity index (χ1n) is 23.8. The van der Waals surface area contributed by atoms with Crippen LogP contribution in [0.4, 0.5) is 0 Å². The molecule has 4 amide bonds. The maximum Gasteiger partial charge on any atom is 0.244 e. The Morgan fingerprint density at radius 2 is 0.899 bits per heavy atom. The number of nitrogens with zero attached hydrogens (tertiary/aromatic N) is 6. The van der Waals surface area contributed by atoms with Crippen molar-refractivity contribution in [2.24, 2.45) is 22.3 Å². The molecule has 2 aliphatic rings. The number of hydrazine groups is 2. The molecule has 2 aliphatic heterocycles. The van der Waals surface area contributed by atoms with Gasteiger partial charge in [0, 0.05) is 103 Å². The van der Waals surface area contributed by atoms with Crippen molar-refractivity contribution >= 4 is 45.4 Å². The van der Waals surface area contributed by atoms with Crippen LogP contribution in [-0.4, -0.2) is 144 Å². The zero-order chi connectivity index (χ0) is 48.6. The fourth-order valence-corrected chi connectivity index (χ4v) is 10.2. The highest BCUT2D eigenvalue weighted by atomic mass is 16.2. The summed E-state index contributed by atoms with van der Waals surface area (Å²) in [6.45, 7) is 1.99. The number of hydrogen-bond acceptors (Lipinski definition) is 8. The normalized spacial score (nSPS) is 19.1. The number of fused-ring (bicyclic) bond motifs is 2. The SMILES string of the molecule is C.CN(C)N(C)C(=O)[C@@]1(Cc2ccccc2)CCCN(C(=O)[C@H](N)Cc2c[nH]c3ccccc23)C1.CN(C)N(C)C(=O)[C@]1(Cc2ccccc2)CCCN(C(=O)[C@H](N)Cc2c[nH]c3ccccc23)C1. The number of benzene rings is 4. The number of piperidine rings is 2. The third-order valence-electron chi connectivity index (χ3n) is 14.1. The van der Waals surface area contributed by atoms with Crippen LogP contribution in [0.5, 0.6) is 0 Å². The number of rotatable bonds is 14. The van der Waals surface area contributed by atoms with Crippen molar-refractivity contribution in [2.75, 3.05) is 68.5 Å². The van der Waals surface area contributed by atoms with Crippen molar-refractivity contribution in [3.8, 4) is 0 Å². The average Bonchev–Trinajstić information content (AvgIpc) is 3.96. The smallest absolute Gasteiger partial charge is 0.244 e. The number of H-pyrrole nitrogens is 2. The van der Waals surface area contributed by atoms with E-state index >= 15 is 0 Å². The monoisotopic (exact) mass is 939 g/mol.